The number of piperazine rings is 1. The molecule has 0 atom stereocenters. The van der Waals surface area contributed by atoms with Crippen LogP contribution < -0.4 is 9.80 Å². The molecular formula is C20H23N7. The van der Waals surface area contributed by atoms with Gasteiger partial charge in [0, 0.05) is 57.7 Å². The average molecular weight is 361 g/mol. The zero-order valence-corrected chi connectivity index (χ0v) is 15.5. The van der Waals surface area contributed by atoms with Gasteiger partial charge in [0.05, 0.1) is 16.7 Å². The monoisotopic (exact) mass is 361 g/mol. The van der Waals surface area contributed by atoms with E-state index < -0.39 is 0 Å². The van der Waals surface area contributed by atoms with E-state index in [1.54, 1.807) is 0 Å². The van der Waals surface area contributed by atoms with E-state index in [9.17, 15) is 0 Å². The molecule has 0 saturated carbocycles. The molecule has 0 bridgehead atoms. The molecule has 0 unspecified atom stereocenters. The van der Waals surface area contributed by atoms with Crippen LogP contribution in [0.5, 0.6) is 0 Å². The Hall–Kier alpha value is -2.80. The van der Waals surface area contributed by atoms with Gasteiger partial charge in [0.25, 0.3) is 0 Å². The normalized spacial score (nSPS) is 18.7. The lowest BCUT2D eigenvalue weighted by atomic mass is 10.1. The van der Waals surface area contributed by atoms with E-state index >= 15 is 0 Å². The minimum absolute atomic E-state index is 0.594. The molecule has 1 aromatic carbocycles. The standard InChI is InChI=1S/C20H23N7/c1-15-19(24-18-6-3-2-5-17(18)23-15)27-13-16(14-27)25-9-11-26(12-10-25)20-21-7-4-8-22-20/h2-8,16H,9-14H2,1H3. The van der Waals surface area contributed by atoms with E-state index in [1.165, 1.54) is 0 Å². The molecule has 0 N–H and O–H groups in total. The highest BCUT2D eigenvalue weighted by Crippen LogP contribution is 2.27. The van der Waals surface area contributed by atoms with Crippen molar-refractivity contribution < 1.29 is 0 Å². The van der Waals surface area contributed by atoms with Gasteiger partial charge < -0.3 is 9.80 Å². The van der Waals surface area contributed by atoms with Crippen molar-refractivity contribution in [2.45, 2.75) is 13.0 Å². The highest BCUT2D eigenvalue weighted by Gasteiger charge is 2.35. The highest BCUT2D eigenvalue weighted by molar-refractivity contribution is 5.76. The third-order valence-electron chi connectivity index (χ3n) is 5.55. The van der Waals surface area contributed by atoms with Gasteiger partial charge in [-0.15, -0.1) is 0 Å². The topological polar surface area (TPSA) is 61.3 Å². The van der Waals surface area contributed by atoms with Crippen molar-refractivity contribution in [3.8, 4) is 0 Å². The molecule has 138 valence electrons. The summed E-state index contributed by atoms with van der Waals surface area (Å²) in [5, 5.41) is 0. The fourth-order valence-electron chi connectivity index (χ4n) is 3.98. The Morgan fingerprint density at radius 1 is 0.815 bits per heavy atom. The zero-order valence-electron chi connectivity index (χ0n) is 15.5. The summed E-state index contributed by atoms with van der Waals surface area (Å²) in [5.41, 5.74) is 2.95. The molecule has 2 aliphatic rings. The molecule has 0 amide bonds. The lowest BCUT2D eigenvalue weighted by Gasteiger charge is -2.48. The summed E-state index contributed by atoms with van der Waals surface area (Å²) in [7, 11) is 0. The van der Waals surface area contributed by atoms with E-state index in [4.69, 9.17) is 9.97 Å². The Balaban J connectivity index is 1.21. The van der Waals surface area contributed by atoms with Gasteiger partial charge in [-0.3, -0.25) is 4.90 Å². The van der Waals surface area contributed by atoms with Gasteiger partial charge in [-0.05, 0) is 25.1 Å². The van der Waals surface area contributed by atoms with Crippen molar-refractivity contribution in [1.29, 1.82) is 0 Å². The number of benzene rings is 1. The molecule has 0 aliphatic carbocycles. The van der Waals surface area contributed by atoms with Crippen molar-refractivity contribution in [2.24, 2.45) is 0 Å². The molecule has 5 rings (SSSR count). The smallest absolute Gasteiger partial charge is 0.225 e. The minimum atomic E-state index is 0.594. The van der Waals surface area contributed by atoms with E-state index in [0.717, 1.165) is 67.8 Å². The number of aromatic nitrogens is 4. The second-order valence-corrected chi connectivity index (χ2v) is 7.25. The Kier molecular flexibility index (Phi) is 4.09. The number of hydrogen-bond acceptors (Lipinski definition) is 7. The lowest BCUT2D eigenvalue weighted by Crippen LogP contribution is -2.63. The fourth-order valence-corrected chi connectivity index (χ4v) is 3.98. The number of aryl methyl sites for hydroxylation is 1. The Morgan fingerprint density at radius 3 is 2.19 bits per heavy atom. The molecule has 2 aromatic heterocycles. The van der Waals surface area contributed by atoms with Crippen LogP contribution in [-0.2, 0) is 0 Å². The van der Waals surface area contributed by atoms with Gasteiger partial charge in [-0.1, -0.05) is 12.1 Å². The van der Waals surface area contributed by atoms with Crippen LogP contribution in [0.3, 0.4) is 0 Å². The third-order valence-corrected chi connectivity index (χ3v) is 5.55. The van der Waals surface area contributed by atoms with Crippen LogP contribution in [-0.4, -0.2) is 70.1 Å². The molecule has 7 heteroatoms. The summed E-state index contributed by atoms with van der Waals surface area (Å²) in [6.07, 6.45) is 3.62. The van der Waals surface area contributed by atoms with Crippen molar-refractivity contribution in [1.82, 2.24) is 24.8 Å². The van der Waals surface area contributed by atoms with Crippen molar-refractivity contribution >= 4 is 22.8 Å². The summed E-state index contributed by atoms with van der Waals surface area (Å²) in [5.74, 6) is 1.87. The molecule has 7 nitrogen and oxygen atoms in total. The van der Waals surface area contributed by atoms with Crippen LogP contribution in [0, 0.1) is 6.92 Å². The summed E-state index contributed by atoms with van der Waals surface area (Å²) in [6, 6.07) is 10.5. The second kappa shape index (κ2) is 6.74. The van der Waals surface area contributed by atoms with Gasteiger partial charge in [-0.2, -0.15) is 0 Å². The van der Waals surface area contributed by atoms with E-state index in [0.29, 0.717) is 6.04 Å². The maximum atomic E-state index is 4.85. The number of anilines is 2. The maximum absolute atomic E-state index is 4.85. The quantitative estimate of drug-likeness (QED) is 0.704. The molecule has 0 radical (unpaired) electrons. The molecule has 27 heavy (non-hydrogen) atoms. The molecule has 3 aromatic rings. The first-order chi connectivity index (χ1) is 13.3. The molecule has 0 spiro atoms. The molecular weight excluding hydrogens is 338 g/mol. The summed E-state index contributed by atoms with van der Waals surface area (Å²) in [6.45, 7) is 8.18. The van der Waals surface area contributed by atoms with Crippen molar-refractivity contribution in [3.05, 3.63) is 48.4 Å². The van der Waals surface area contributed by atoms with Gasteiger partial charge in [0.15, 0.2) is 5.82 Å². The summed E-state index contributed by atoms with van der Waals surface area (Å²) < 4.78 is 0. The van der Waals surface area contributed by atoms with Gasteiger partial charge in [-0.25, -0.2) is 19.9 Å². The van der Waals surface area contributed by atoms with E-state index in [1.807, 2.05) is 42.7 Å². The Bertz CT molecular complexity index is 931. The Labute approximate surface area is 158 Å². The predicted octanol–water partition coefficient (Wildman–Crippen LogP) is 1.74. The van der Waals surface area contributed by atoms with Crippen LogP contribution >= 0.6 is 0 Å². The molecule has 2 fully saturated rings. The fraction of sp³-hybridized carbons (Fsp3) is 0.400. The molecule has 2 saturated heterocycles. The van der Waals surface area contributed by atoms with Gasteiger partial charge in [0.1, 0.15) is 0 Å². The first-order valence-electron chi connectivity index (χ1n) is 9.52. The zero-order chi connectivity index (χ0) is 18.2. The second-order valence-electron chi connectivity index (χ2n) is 7.25. The molecule has 4 heterocycles. The largest absolute Gasteiger partial charge is 0.352 e. The Morgan fingerprint density at radius 2 is 1.48 bits per heavy atom. The number of para-hydroxylation sites is 2. The molecule has 2 aliphatic heterocycles. The lowest BCUT2D eigenvalue weighted by molar-refractivity contribution is 0.156. The summed E-state index contributed by atoms with van der Waals surface area (Å²) in [4.78, 5) is 25.5. The summed E-state index contributed by atoms with van der Waals surface area (Å²) >= 11 is 0. The van der Waals surface area contributed by atoms with Crippen LogP contribution in [0.4, 0.5) is 11.8 Å². The maximum Gasteiger partial charge on any atom is 0.225 e. The highest BCUT2D eigenvalue weighted by atomic mass is 15.4. The van der Waals surface area contributed by atoms with Gasteiger partial charge in [0.2, 0.25) is 5.95 Å². The van der Waals surface area contributed by atoms with Crippen molar-refractivity contribution in [3.63, 3.8) is 0 Å². The van der Waals surface area contributed by atoms with Crippen LogP contribution in [0.25, 0.3) is 11.0 Å². The first kappa shape index (κ1) is 16.4. The average Bonchev–Trinajstić information content (AvgIpc) is 2.68. The SMILES string of the molecule is Cc1nc2ccccc2nc1N1CC(N2CCN(c3ncccn3)CC2)C1. The van der Waals surface area contributed by atoms with E-state index in [-0.39, 0.29) is 0 Å². The van der Waals surface area contributed by atoms with Crippen LogP contribution in [0.1, 0.15) is 5.69 Å². The number of rotatable bonds is 3. The minimum Gasteiger partial charge on any atom is -0.352 e. The number of hydrogen-bond donors (Lipinski definition) is 0. The van der Waals surface area contributed by atoms with Crippen LogP contribution in [0.15, 0.2) is 42.7 Å². The van der Waals surface area contributed by atoms with E-state index in [2.05, 4.69) is 31.6 Å². The van der Waals surface area contributed by atoms with Crippen molar-refractivity contribution in [2.75, 3.05) is 49.1 Å². The number of fused-ring (bicyclic) bond motifs is 1. The van der Waals surface area contributed by atoms with Crippen LogP contribution in [0.2, 0.25) is 0 Å². The third kappa shape index (κ3) is 3.08. The first-order valence-corrected chi connectivity index (χ1v) is 9.52. The predicted molar refractivity (Wildman–Crippen MR) is 106 cm³/mol. The van der Waals surface area contributed by atoms with Gasteiger partial charge >= 0.3 is 0 Å². The number of nitrogens with zero attached hydrogens (tertiary/aromatic N) is 7.